The number of aryl methyl sites for hydroxylation is 1. The molecule has 1 amide bonds. The molecule has 2 aromatic carbocycles. The van der Waals surface area contributed by atoms with E-state index in [2.05, 4.69) is 15.4 Å². The molecule has 3 rings (SSSR count). The second-order valence-electron chi connectivity index (χ2n) is 9.59. The SMILES string of the molecule is COc1c(NC(=O)c2cc3cccc(CNCCN)c3n2C)cc(C(C)(C)C)cc1NS(C)(=O)=O. The number of amides is 1. The van der Waals surface area contributed by atoms with Gasteiger partial charge in [-0.3, -0.25) is 9.52 Å². The molecule has 0 aliphatic heterocycles. The summed E-state index contributed by atoms with van der Waals surface area (Å²) in [5.74, 6) is -0.0959. The van der Waals surface area contributed by atoms with Gasteiger partial charge >= 0.3 is 0 Å². The van der Waals surface area contributed by atoms with Crippen molar-refractivity contribution in [2.45, 2.75) is 32.7 Å². The predicted molar refractivity (Wildman–Crippen MR) is 142 cm³/mol. The van der Waals surface area contributed by atoms with E-state index in [0.717, 1.165) is 28.3 Å². The molecule has 0 bridgehead atoms. The van der Waals surface area contributed by atoms with Crippen molar-refractivity contribution in [2.75, 3.05) is 36.5 Å². The number of benzene rings is 2. The maximum Gasteiger partial charge on any atom is 0.272 e. The van der Waals surface area contributed by atoms with Gasteiger partial charge in [0.15, 0.2) is 5.75 Å². The first-order chi connectivity index (χ1) is 16.4. The van der Waals surface area contributed by atoms with Crippen LogP contribution in [-0.2, 0) is 29.0 Å². The number of carbonyl (C=O) groups excluding carboxylic acids is 1. The Hall–Kier alpha value is -3.08. The lowest BCUT2D eigenvalue weighted by molar-refractivity contribution is 0.101. The number of methoxy groups -OCH3 is 1. The molecule has 0 aliphatic carbocycles. The summed E-state index contributed by atoms with van der Waals surface area (Å²) in [6, 6.07) is 11.3. The van der Waals surface area contributed by atoms with Gasteiger partial charge in [0.1, 0.15) is 5.69 Å². The summed E-state index contributed by atoms with van der Waals surface area (Å²) in [6.07, 6.45) is 1.07. The highest BCUT2D eigenvalue weighted by molar-refractivity contribution is 7.92. The molecular formula is C25H35N5O4S. The monoisotopic (exact) mass is 501 g/mol. The summed E-state index contributed by atoms with van der Waals surface area (Å²) in [4.78, 5) is 13.4. The summed E-state index contributed by atoms with van der Waals surface area (Å²) >= 11 is 0. The standard InChI is InChI=1S/C25H35N5O4S/c1-25(2,3)18-13-19(23(34-5)20(14-18)29-35(6,32)33)28-24(31)21-12-16-8-7-9-17(15-27-11-10-26)22(16)30(21)4/h7-9,12-14,27,29H,10-11,15,26H2,1-6H3,(H,28,31). The molecule has 35 heavy (non-hydrogen) atoms. The summed E-state index contributed by atoms with van der Waals surface area (Å²) in [5, 5.41) is 7.18. The van der Waals surface area contributed by atoms with Crippen LogP contribution in [0, 0.1) is 0 Å². The summed E-state index contributed by atoms with van der Waals surface area (Å²) in [5.41, 5.74) is 9.25. The van der Waals surface area contributed by atoms with E-state index in [0.29, 0.717) is 31.0 Å². The highest BCUT2D eigenvalue weighted by Crippen LogP contribution is 2.39. The lowest BCUT2D eigenvalue weighted by atomic mass is 9.86. The van der Waals surface area contributed by atoms with E-state index in [1.165, 1.54) is 7.11 Å². The average Bonchev–Trinajstić information content (AvgIpc) is 3.09. The molecule has 3 aromatic rings. The number of carbonyl (C=O) groups is 1. The van der Waals surface area contributed by atoms with E-state index in [1.807, 2.05) is 62.7 Å². The van der Waals surface area contributed by atoms with Crippen molar-refractivity contribution in [1.29, 1.82) is 0 Å². The van der Waals surface area contributed by atoms with Crippen molar-refractivity contribution in [3.8, 4) is 5.75 Å². The molecule has 0 atom stereocenters. The number of hydrogen-bond donors (Lipinski definition) is 4. The minimum atomic E-state index is -3.57. The van der Waals surface area contributed by atoms with Gasteiger partial charge in [-0.15, -0.1) is 0 Å². The van der Waals surface area contributed by atoms with Crippen LogP contribution in [0.5, 0.6) is 5.75 Å². The van der Waals surface area contributed by atoms with Crippen LogP contribution in [-0.4, -0.2) is 45.3 Å². The topological polar surface area (TPSA) is 127 Å². The van der Waals surface area contributed by atoms with E-state index in [-0.39, 0.29) is 22.8 Å². The number of para-hydroxylation sites is 1. The van der Waals surface area contributed by atoms with Gasteiger partial charge in [-0.25, -0.2) is 8.42 Å². The zero-order valence-corrected chi connectivity index (χ0v) is 22.0. The summed E-state index contributed by atoms with van der Waals surface area (Å²) < 4.78 is 33.9. The average molecular weight is 502 g/mol. The lowest BCUT2D eigenvalue weighted by Gasteiger charge is -2.24. The van der Waals surface area contributed by atoms with Gasteiger partial charge in [0.2, 0.25) is 10.0 Å². The Kier molecular flexibility index (Phi) is 7.78. The maximum absolute atomic E-state index is 13.4. The van der Waals surface area contributed by atoms with Gasteiger partial charge < -0.3 is 25.7 Å². The predicted octanol–water partition coefficient (Wildman–Crippen LogP) is 3.16. The Morgan fingerprint density at radius 1 is 1.14 bits per heavy atom. The zero-order chi connectivity index (χ0) is 26.0. The lowest BCUT2D eigenvalue weighted by Crippen LogP contribution is -2.22. The molecule has 0 unspecified atom stereocenters. The summed E-state index contributed by atoms with van der Waals surface area (Å²) in [6.45, 7) is 7.90. The van der Waals surface area contributed by atoms with Gasteiger partial charge in [-0.2, -0.15) is 0 Å². The van der Waals surface area contributed by atoms with Crippen LogP contribution in [0.25, 0.3) is 10.9 Å². The van der Waals surface area contributed by atoms with Gasteiger partial charge in [0, 0.05) is 32.1 Å². The normalized spacial score (nSPS) is 12.1. The molecule has 0 radical (unpaired) electrons. The van der Waals surface area contributed by atoms with E-state index < -0.39 is 10.0 Å². The molecule has 9 nitrogen and oxygen atoms in total. The van der Waals surface area contributed by atoms with E-state index >= 15 is 0 Å². The van der Waals surface area contributed by atoms with Gasteiger partial charge in [0.25, 0.3) is 5.91 Å². The Bertz CT molecular complexity index is 1340. The highest BCUT2D eigenvalue weighted by Gasteiger charge is 2.23. The third kappa shape index (κ3) is 6.14. The Morgan fingerprint density at radius 3 is 2.43 bits per heavy atom. The molecule has 0 saturated heterocycles. The van der Waals surface area contributed by atoms with Crippen molar-refractivity contribution in [3.05, 3.63) is 53.2 Å². The van der Waals surface area contributed by atoms with Crippen LogP contribution >= 0.6 is 0 Å². The quantitative estimate of drug-likeness (QED) is 0.334. The molecule has 10 heteroatoms. The van der Waals surface area contributed by atoms with Crippen LogP contribution in [0.4, 0.5) is 11.4 Å². The van der Waals surface area contributed by atoms with Gasteiger partial charge in [0.05, 0.1) is 30.3 Å². The number of fused-ring (bicyclic) bond motifs is 1. The fourth-order valence-corrected chi connectivity index (χ4v) is 4.57. The molecular weight excluding hydrogens is 466 g/mol. The Labute approximate surface area is 207 Å². The number of nitrogens with two attached hydrogens (primary N) is 1. The van der Waals surface area contributed by atoms with Crippen LogP contribution in [0.2, 0.25) is 0 Å². The molecule has 1 aromatic heterocycles. The molecule has 5 N–H and O–H groups in total. The van der Waals surface area contributed by atoms with E-state index in [4.69, 9.17) is 10.5 Å². The van der Waals surface area contributed by atoms with Gasteiger partial charge in [-0.1, -0.05) is 39.0 Å². The molecule has 0 saturated carbocycles. The Morgan fingerprint density at radius 2 is 1.83 bits per heavy atom. The summed E-state index contributed by atoms with van der Waals surface area (Å²) in [7, 11) is -0.281. The van der Waals surface area contributed by atoms with Gasteiger partial charge in [-0.05, 0) is 34.7 Å². The first-order valence-electron chi connectivity index (χ1n) is 11.4. The first kappa shape index (κ1) is 26.5. The molecule has 0 fully saturated rings. The second-order valence-corrected chi connectivity index (χ2v) is 11.3. The van der Waals surface area contributed by atoms with Crippen molar-refractivity contribution < 1.29 is 17.9 Å². The largest absolute Gasteiger partial charge is 0.492 e. The number of rotatable bonds is 9. The van der Waals surface area contributed by atoms with Crippen molar-refractivity contribution in [1.82, 2.24) is 9.88 Å². The van der Waals surface area contributed by atoms with E-state index in [9.17, 15) is 13.2 Å². The van der Waals surface area contributed by atoms with Crippen molar-refractivity contribution in [3.63, 3.8) is 0 Å². The number of hydrogen-bond acceptors (Lipinski definition) is 6. The number of aromatic nitrogens is 1. The maximum atomic E-state index is 13.4. The molecule has 0 spiro atoms. The van der Waals surface area contributed by atoms with Crippen LogP contribution < -0.4 is 25.8 Å². The zero-order valence-electron chi connectivity index (χ0n) is 21.2. The van der Waals surface area contributed by atoms with Crippen LogP contribution in [0.1, 0.15) is 42.4 Å². The van der Waals surface area contributed by atoms with Crippen molar-refractivity contribution >= 4 is 38.2 Å². The number of sulfonamides is 1. The minimum absolute atomic E-state index is 0.238. The molecule has 190 valence electrons. The Balaban J connectivity index is 2.05. The van der Waals surface area contributed by atoms with E-state index in [1.54, 1.807) is 6.07 Å². The number of anilines is 2. The third-order valence-electron chi connectivity index (χ3n) is 5.71. The van der Waals surface area contributed by atoms with Crippen molar-refractivity contribution in [2.24, 2.45) is 12.8 Å². The fourth-order valence-electron chi connectivity index (χ4n) is 4.02. The number of nitrogens with one attached hydrogen (secondary N) is 3. The third-order valence-corrected chi connectivity index (χ3v) is 6.30. The van der Waals surface area contributed by atoms with Crippen LogP contribution in [0.3, 0.4) is 0 Å². The van der Waals surface area contributed by atoms with Crippen LogP contribution in [0.15, 0.2) is 36.4 Å². The minimum Gasteiger partial charge on any atom is -0.492 e. The second kappa shape index (κ2) is 10.3. The number of nitrogens with zero attached hydrogens (tertiary/aromatic N) is 1. The smallest absolute Gasteiger partial charge is 0.272 e. The first-order valence-corrected chi connectivity index (χ1v) is 13.2. The molecule has 1 heterocycles. The molecule has 0 aliphatic rings. The fraction of sp³-hybridized carbons (Fsp3) is 0.400. The highest BCUT2D eigenvalue weighted by atomic mass is 32.2. The number of ether oxygens (including phenoxy) is 1.